The first-order valence-corrected chi connectivity index (χ1v) is 6.68. The Morgan fingerprint density at radius 1 is 1.11 bits per heavy atom. The summed E-state index contributed by atoms with van der Waals surface area (Å²) in [6, 6.07) is 7.95. The van der Waals surface area contributed by atoms with Crippen LogP contribution >= 0.6 is 12.4 Å². The van der Waals surface area contributed by atoms with Crippen LogP contribution in [0.3, 0.4) is 0 Å². The SMILES string of the molecule is Cc1ccc([C@@H](N)[C@@H](O)C2CCCCC2)cc1.Cl. The molecule has 2 rings (SSSR count). The van der Waals surface area contributed by atoms with Gasteiger partial charge >= 0.3 is 0 Å². The van der Waals surface area contributed by atoms with Crippen LogP contribution in [-0.2, 0) is 0 Å². The highest BCUT2D eigenvalue weighted by Crippen LogP contribution is 2.31. The van der Waals surface area contributed by atoms with E-state index in [0.717, 1.165) is 18.4 Å². The van der Waals surface area contributed by atoms with Crippen LogP contribution in [0.25, 0.3) is 0 Å². The van der Waals surface area contributed by atoms with Crippen LogP contribution in [0.4, 0.5) is 0 Å². The van der Waals surface area contributed by atoms with Crippen molar-refractivity contribution in [2.75, 3.05) is 0 Å². The highest BCUT2D eigenvalue weighted by Gasteiger charge is 2.27. The second-order valence-corrected chi connectivity index (χ2v) is 5.33. The molecular formula is C15H24ClNO. The summed E-state index contributed by atoms with van der Waals surface area (Å²) in [7, 11) is 0. The molecule has 0 bridgehead atoms. The van der Waals surface area contributed by atoms with Gasteiger partial charge < -0.3 is 10.8 Å². The van der Waals surface area contributed by atoms with Gasteiger partial charge in [-0.15, -0.1) is 12.4 Å². The van der Waals surface area contributed by atoms with Gasteiger partial charge in [0.25, 0.3) is 0 Å². The van der Waals surface area contributed by atoms with Crippen molar-refractivity contribution in [1.29, 1.82) is 0 Å². The number of hydrogen-bond acceptors (Lipinski definition) is 2. The van der Waals surface area contributed by atoms with Crippen LogP contribution in [0, 0.1) is 12.8 Å². The Hall–Kier alpha value is -0.570. The number of hydrogen-bond donors (Lipinski definition) is 2. The Morgan fingerprint density at radius 2 is 1.67 bits per heavy atom. The van der Waals surface area contributed by atoms with Crippen LogP contribution in [0.2, 0.25) is 0 Å². The summed E-state index contributed by atoms with van der Waals surface area (Å²) in [6.07, 6.45) is 5.65. The summed E-state index contributed by atoms with van der Waals surface area (Å²) in [6.45, 7) is 2.06. The number of rotatable bonds is 3. The monoisotopic (exact) mass is 269 g/mol. The molecule has 1 aliphatic rings. The minimum absolute atomic E-state index is 0. The molecule has 0 spiro atoms. The number of aliphatic hydroxyl groups is 1. The van der Waals surface area contributed by atoms with E-state index >= 15 is 0 Å². The maximum Gasteiger partial charge on any atom is 0.0760 e. The molecule has 0 aromatic heterocycles. The first-order chi connectivity index (χ1) is 8.18. The zero-order valence-electron chi connectivity index (χ0n) is 11.0. The van der Waals surface area contributed by atoms with Crippen molar-refractivity contribution in [3.8, 4) is 0 Å². The largest absolute Gasteiger partial charge is 0.391 e. The average molecular weight is 270 g/mol. The van der Waals surface area contributed by atoms with Crippen molar-refractivity contribution >= 4 is 12.4 Å². The normalized spacial score (nSPS) is 19.9. The zero-order chi connectivity index (χ0) is 12.3. The molecule has 1 aromatic carbocycles. The van der Waals surface area contributed by atoms with Gasteiger partial charge in [0.1, 0.15) is 0 Å². The van der Waals surface area contributed by atoms with Crippen molar-refractivity contribution in [1.82, 2.24) is 0 Å². The molecule has 0 amide bonds. The molecule has 3 heteroatoms. The number of nitrogens with two attached hydrogens (primary N) is 1. The molecule has 1 aliphatic carbocycles. The van der Waals surface area contributed by atoms with Crippen LogP contribution < -0.4 is 5.73 Å². The van der Waals surface area contributed by atoms with Crippen molar-refractivity contribution < 1.29 is 5.11 Å². The lowest BCUT2D eigenvalue weighted by Crippen LogP contribution is -2.34. The summed E-state index contributed by atoms with van der Waals surface area (Å²) in [5.41, 5.74) is 8.45. The predicted molar refractivity (Wildman–Crippen MR) is 77.9 cm³/mol. The topological polar surface area (TPSA) is 46.2 Å². The number of aryl methyl sites for hydroxylation is 1. The third-order valence-electron chi connectivity index (χ3n) is 3.96. The van der Waals surface area contributed by atoms with E-state index < -0.39 is 6.10 Å². The molecule has 3 N–H and O–H groups in total. The Bertz CT molecular complexity index is 346. The van der Waals surface area contributed by atoms with Crippen molar-refractivity contribution in [3.05, 3.63) is 35.4 Å². The van der Waals surface area contributed by atoms with E-state index in [9.17, 15) is 5.11 Å². The van der Waals surface area contributed by atoms with Gasteiger partial charge in [-0.1, -0.05) is 49.1 Å². The lowest BCUT2D eigenvalue weighted by Gasteiger charge is -2.30. The molecule has 1 aromatic rings. The molecule has 2 nitrogen and oxygen atoms in total. The van der Waals surface area contributed by atoms with Crippen molar-refractivity contribution in [2.24, 2.45) is 11.7 Å². The van der Waals surface area contributed by atoms with Gasteiger partial charge in [0.05, 0.1) is 12.1 Å². The first kappa shape index (κ1) is 15.5. The lowest BCUT2D eigenvalue weighted by atomic mass is 9.81. The van der Waals surface area contributed by atoms with Crippen molar-refractivity contribution in [3.63, 3.8) is 0 Å². The van der Waals surface area contributed by atoms with Crippen molar-refractivity contribution in [2.45, 2.75) is 51.2 Å². The molecule has 18 heavy (non-hydrogen) atoms. The Balaban J connectivity index is 0.00000162. The maximum absolute atomic E-state index is 10.3. The van der Waals surface area contributed by atoms with E-state index in [0.29, 0.717) is 5.92 Å². The van der Waals surface area contributed by atoms with Gasteiger partial charge in [-0.3, -0.25) is 0 Å². The van der Waals surface area contributed by atoms with Gasteiger partial charge in [0.15, 0.2) is 0 Å². The predicted octanol–water partition coefficient (Wildman–Crippen LogP) is 3.36. The molecule has 1 saturated carbocycles. The Kier molecular flexibility index (Phi) is 6.13. The first-order valence-electron chi connectivity index (χ1n) is 6.68. The quantitative estimate of drug-likeness (QED) is 0.884. The van der Waals surface area contributed by atoms with Crippen LogP contribution in [0.15, 0.2) is 24.3 Å². The Morgan fingerprint density at radius 3 is 2.22 bits per heavy atom. The fourth-order valence-electron chi connectivity index (χ4n) is 2.75. The van der Waals surface area contributed by atoms with E-state index in [1.807, 2.05) is 12.1 Å². The third-order valence-corrected chi connectivity index (χ3v) is 3.96. The van der Waals surface area contributed by atoms with Gasteiger partial charge in [-0.2, -0.15) is 0 Å². The average Bonchev–Trinajstić information content (AvgIpc) is 2.39. The third kappa shape index (κ3) is 3.71. The highest BCUT2D eigenvalue weighted by atomic mass is 35.5. The molecule has 0 aliphatic heterocycles. The lowest BCUT2D eigenvalue weighted by molar-refractivity contribution is 0.0618. The molecular weight excluding hydrogens is 246 g/mol. The minimum Gasteiger partial charge on any atom is -0.391 e. The van der Waals surface area contributed by atoms with E-state index in [4.69, 9.17) is 5.73 Å². The van der Waals surface area contributed by atoms with E-state index in [-0.39, 0.29) is 18.4 Å². The number of aliphatic hydroxyl groups excluding tert-OH is 1. The fourth-order valence-corrected chi connectivity index (χ4v) is 2.75. The van der Waals surface area contributed by atoms with E-state index in [1.165, 1.54) is 24.8 Å². The van der Waals surface area contributed by atoms with Gasteiger partial charge in [-0.05, 0) is 31.2 Å². The standard InChI is InChI=1S/C15H23NO.ClH/c1-11-7-9-12(10-8-11)14(16)15(17)13-5-3-2-4-6-13;/h7-10,13-15,17H,2-6,16H2,1H3;1H/t14-,15+;/m1./s1. The number of benzene rings is 1. The summed E-state index contributed by atoms with van der Waals surface area (Å²) >= 11 is 0. The molecule has 2 atom stereocenters. The fraction of sp³-hybridized carbons (Fsp3) is 0.600. The molecule has 102 valence electrons. The molecule has 0 unspecified atom stereocenters. The maximum atomic E-state index is 10.3. The zero-order valence-corrected chi connectivity index (χ0v) is 11.8. The van der Waals surface area contributed by atoms with Gasteiger partial charge in [0, 0.05) is 0 Å². The molecule has 0 heterocycles. The van der Waals surface area contributed by atoms with Gasteiger partial charge in [-0.25, -0.2) is 0 Å². The molecule has 1 fully saturated rings. The van der Waals surface area contributed by atoms with Crippen LogP contribution in [0.1, 0.15) is 49.3 Å². The second-order valence-electron chi connectivity index (χ2n) is 5.33. The number of halogens is 1. The van der Waals surface area contributed by atoms with Crippen LogP contribution in [0.5, 0.6) is 0 Å². The highest BCUT2D eigenvalue weighted by molar-refractivity contribution is 5.85. The smallest absolute Gasteiger partial charge is 0.0760 e. The summed E-state index contributed by atoms with van der Waals surface area (Å²) in [5, 5.41) is 10.3. The van der Waals surface area contributed by atoms with E-state index in [2.05, 4.69) is 19.1 Å². The summed E-state index contributed by atoms with van der Waals surface area (Å²) < 4.78 is 0. The summed E-state index contributed by atoms with van der Waals surface area (Å²) in [4.78, 5) is 0. The second kappa shape index (κ2) is 7.13. The minimum atomic E-state index is -0.391. The molecule has 0 radical (unpaired) electrons. The van der Waals surface area contributed by atoms with E-state index in [1.54, 1.807) is 0 Å². The molecule has 0 saturated heterocycles. The van der Waals surface area contributed by atoms with Gasteiger partial charge in [0.2, 0.25) is 0 Å². The Labute approximate surface area is 116 Å². The van der Waals surface area contributed by atoms with Crippen LogP contribution in [-0.4, -0.2) is 11.2 Å². The summed E-state index contributed by atoms with van der Waals surface area (Å²) in [5.74, 6) is 0.389.